The van der Waals surface area contributed by atoms with Gasteiger partial charge in [0, 0.05) is 35.4 Å². The number of rotatable bonds is 7. The number of benzene rings is 3. The summed E-state index contributed by atoms with van der Waals surface area (Å²) in [5, 5.41) is 31.9. The number of nitro groups is 2. The zero-order valence-corrected chi connectivity index (χ0v) is 19.1. The van der Waals surface area contributed by atoms with E-state index in [1.807, 2.05) is 38.1 Å². The molecule has 1 aliphatic heterocycles. The molecule has 3 aromatic carbocycles. The smallest absolute Gasteiger partial charge is 0.269 e. The fourth-order valence-corrected chi connectivity index (χ4v) is 4.64. The molecule has 176 valence electrons. The van der Waals surface area contributed by atoms with Gasteiger partial charge in [0.1, 0.15) is 0 Å². The first-order chi connectivity index (χ1) is 16.2. The second kappa shape index (κ2) is 9.23. The molecule has 1 fully saturated rings. The van der Waals surface area contributed by atoms with Crippen LogP contribution in [0.15, 0.2) is 72.8 Å². The molecule has 0 aliphatic carbocycles. The van der Waals surface area contributed by atoms with Crippen molar-refractivity contribution in [3.05, 3.63) is 110 Å². The van der Waals surface area contributed by atoms with E-state index in [-0.39, 0.29) is 35.5 Å². The molecule has 1 aliphatic rings. The summed E-state index contributed by atoms with van der Waals surface area (Å²) in [5.74, 6) is 0. The van der Waals surface area contributed by atoms with Crippen LogP contribution in [0.2, 0.25) is 0 Å². The SMILES string of the molecule is CC(C)(CO)c1ccc(N2C(c3ccc([N+](=O)[O-])cc3)CCC2c2ccc([N+](=O)[O-])cc2)cc1. The van der Waals surface area contributed by atoms with Crippen LogP contribution in [0.25, 0.3) is 0 Å². The molecule has 1 N–H and O–H groups in total. The summed E-state index contributed by atoms with van der Waals surface area (Å²) in [7, 11) is 0. The molecule has 0 bridgehead atoms. The summed E-state index contributed by atoms with van der Waals surface area (Å²) in [6.45, 7) is 4.00. The highest BCUT2D eigenvalue weighted by Gasteiger charge is 2.36. The van der Waals surface area contributed by atoms with Gasteiger partial charge in [0.15, 0.2) is 0 Å². The number of hydrogen-bond donors (Lipinski definition) is 1. The standard InChI is InChI=1S/C26H27N3O5/c1-26(2,17-30)20-7-13-21(14-8-20)27-24(18-3-9-22(10-4-18)28(31)32)15-16-25(27)19-5-11-23(12-6-19)29(33)34/h3-14,24-25,30H,15-17H2,1-2H3. The lowest BCUT2D eigenvalue weighted by Gasteiger charge is -2.34. The Morgan fingerprint density at radius 1 is 0.794 bits per heavy atom. The molecule has 0 saturated carbocycles. The number of aliphatic hydroxyl groups is 1. The van der Waals surface area contributed by atoms with Gasteiger partial charge >= 0.3 is 0 Å². The molecule has 4 rings (SSSR count). The van der Waals surface area contributed by atoms with Crippen LogP contribution >= 0.6 is 0 Å². The molecule has 34 heavy (non-hydrogen) atoms. The lowest BCUT2D eigenvalue weighted by atomic mass is 9.85. The van der Waals surface area contributed by atoms with Crippen LogP contribution in [0, 0.1) is 20.2 Å². The lowest BCUT2D eigenvalue weighted by Crippen LogP contribution is -2.26. The Kier molecular flexibility index (Phi) is 6.34. The average molecular weight is 462 g/mol. The minimum atomic E-state index is -0.405. The third-order valence-electron chi connectivity index (χ3n) is 6.70. The number of hydrogen-bond acceptors (Lipinski definition) is 6. The van der Waals surface area contributed by atoms with E-state index in [4.69, 9.17) is 0 Å². The highest BCUT2D eigenvalue weighted by atomic mass is 16.6. The van der Waals surface area contributed by atoms with Crippen LogP contribution in [-0.4, -0.2) is 21.6 Å². The topological polar surface area (TPSA) is 110 Å². The summed E-state index contributed by atoms with van der Waals surface area (Å²) in [6.07, 6.45) is 1.67. The predicted octanol–water partition coefficient (Wildman–Crippen LogP) is 5.86. The lowest BCUT2D eigenvalue weighted by molar-refractivity contribution is -0.385. The highest BCUT2D eigenvalue weighted by Crippen LogP contribution is 2.47. The zero-order chi connectivity index (χ0) is 24.5. The van der Waals surface area contributed by atoms with Crippen molar-refractivity contribution in [1.29, 1.82) is 0 Å². The molecule has 0 spiro atoms. The normalized spacial score (nSPS) is 18.1. The first-order valence-electron chi connectivity index (χ1n) is 11.2. The maximum atomic E-state index is 11.1. The number of nitrogens with zero attached hydrogens (tertiary/aromatic N) is 3. The van der Waals surface area contributed by atoms with Gasteiger partial charge in [-0.25, -0.2) is 0 Å². The van der Waals surface area contributed by atoms with Crippen molar-refractivity contribution in [2.45, 2.75) is 44.2 Å². The van der Waals surface area contributed by atoms with Gasteiger partial charge in [-0.15, -0.1) is 0 Å². The summed E-state index contributed by atoms with van der Waals surface area (Å²) in [5.41, 5.74) is 3.72. The second-order valence-corrected chi connectivity index (χ2v) is 9.30. The monoisotopic (exact) mass is 461 g/mol. The quantitative estimate of drug-likeness (QED) is 0.349. The van der Waals surface area contributed by atoms with Gasteiger partial charge in [-0.05, 0) is 41.7 Å². The van der Waals surface area contributed by atoms with Gasteiger partial charge in [0.05, 0.1) is 28.5 Å². The Morgan fingerprint density at radius 3 is 1.56 bits per heavy atom. The van der Waals surface area contributed by atoms with E-state index in [2.05, 4.69) is 4.90 Å². The molecular formula is C26H27N3O5. The van der Waals surface area contributed by atoms with Gasteiger partial charge in [0.25, 0.3) is 11.4 Å². The van der Waals surface area contributed by atoms with Crippen molar-refractivity contribution in [3.8, 4) is 0 Å². The largest absolute Gasteiger partial charge is 0.395 e. The van der Waals surface area contributed by atoms with Gasteiger partial charge in [0.2, 0.25) is 0 Å². The molecule has 0 radical (unpaired) electrons. The molecule has 8 heteroatoms. The molecule has 0 aromatic heterocycles. The van der Waals surface area contributed by atoms with E-state index in [0.29, 0.717) is 0 Å². The highest BCUT2D eigenvalue weighted by molar-refractivity contribution is 5.55. The van der Waals surface area contributed by atoms with E-state index in [1.165, 1.54) is 24.3 Å². The van der Waals surface area contributed by atoms with Gasteiger partial charge in [-0.1, -0.05) is 50.2 Å². The van der Waals surface area contributed by atoms with Gasteiger partial charge < -0.3 is 10.0 Å². The fraction of sp³-hybridized carbons (Fsp3) is 0.308. The zero-order valence-electron chi connectivity index (χ0n) is 19.1. The van der Waals surface area contributed by atoms with Crippen LogP contribution in [-0.2, 0) is 5.41 Å². The third kappa shape index (κ3) is 4.49. The minimum Gasteiger partial charge on any atom is -0.395 e. The predicted molar refractivity (Wildman–Crippen MR) is 130 cm³/mol. The Balaban J connectivity index is 1.73. The summed E-state index contributed by atoms with van der Waals surface area (Å²) < 4.78 is 0. The Hall–Kier alpha value is -3.78. The van der Waals surface area contributed by atoms with Crippen LogP contribution < -0.4 is 4.90 Å². The molecule has 2 unspecified atom stereocenters. The second-order valence-electron chi connectivity index (χ2n) is 9.30. The van der Waals surface area contributed by atoms with Crippen molar-refractivity contribution in [3.63, 3.8) is 0 Å². The molecule has 2 atom stereocenters. The Morgan fingerprint density at radius 2 is 1.21 bits per heavy atom. The van der Waals surface area contributed by atoms with Crippen molar-refractivity contribution < 1.29 is 15.0 Å². The van der Waals surface area contributed by atoms with Crippen molar-refractivity contribution in [2.75, 3.05) is 11.5 Å². The van der Waals surface area contributed by atoms with E-state index >= 15 is 0 Å². The van der Waals surface area contributed by atoms with E-state index in [9.17, 15) is 25.3 Å². The maximum absolute atomic E-state index is 11.1. The number of aliphatic hydroxyl groups excluding tert-OH is 1. The summed E-state index contributed by atoms with van der Waals surface area (Å²) >= 11 is 0. The van der Waals surface area contributed by atoms with E-state index < -0.39 is 9.85 Å². The van der Waals surface area contributed by atoms with Crippen molar-refractivity contribution in [1.82, 2.24) is 0 Å². The fourth-order valence-electron chi connectivity index (χ4n) is 4.64. The third-order valence-corrected chi connectivity index (χ3v) is 6.70. The number of anilines is 1. The molecule has 8 nitrogen and oxygen atoms in total. The molecule has 3 aromatic rings. The van der Waals surface area contributed by atoms with E-state index in [1.54, 1.807) is 24.3 Å². The van der Waals surface area contributed by atoms with Crippen molar-refractivity contribution in [2.24, 2.45) is 0 Å². The number of non-ortho nitro benzene ring substituents is 2. The van der Waals surface area contributed by atoms with Crippen LogP contribution in [0.1, 0.15) is 55.5 Å². The minimum absolute atomic E-state index is 0.00213. The van der Waals surface area contributed by atoms with Crippen LogP contribution in [0.4, 0.5) is 17.1 Å². The first-order valence-corrected chi connectivity index (χ1v) is 11.2. The first kappa shape index (κ1) is 23.4. The maximum Gasteiger partial charge on any atom is 0.269 e. The number of nitro benzene ring substituents is 2. The Labute approximate surface area is 197 Å². The molecule has 0 amide bonds. The van der Waals surface area contributed by atoms with Crippen LogP contribution in [0.3, 0.4) is 0 Å². The molecule has 1 heterocycles. The van der Waals surface area contributed by atoms with Gasteiger partial charge in [-0.2, -0.15) is 0 Å². The van der Waals surface area contributed by atoms with Crippen molar-refractivity contribution >= 4 is 17.1 Å². The molecular weight excluding hydrogens is 434 g/mol. The van der Waals surface area contributed by atoms with E-state index in [0.717, 1.165) is 35.2 Å². The van der Waals surface area contributed by atoms with Gasteiger partial charge in [-0.3, -0.25) is 20.2 Å². The average Bonchev–Trinajstić information content (AvgIpc) is 3.29. The van der Waals surface area contributed by atoms with Crippen LogP contribution in [0.5, 0.6) is 0 Å². The summed E-state index contributed by atoms with van der Waals surface area (Å²) in [6, 6.07) is 21.4. The summed E-state index contributed by atoms with van der Waals surface area (Å²) in [4.78, 5) is 23.7. The Bertz CT molecular complexity index is 1110. The molecule has 1 saturated heterocycles.